The van der Waals surface area contributed by atoms with Crippen LogP contribution in [0.3, 0.4) is 0 Å². The number of carbonyl (C=O) groups is 2. The standard InChI is InChI=1S/C25H32N4O4S/c1-17(2)13-23(30)29-11-9-28(10-12-29)20-7-5-19(6-8-20)26-25(34)27-24(31)18-14-21(32-3)16-22(15-18)33-4/h5-8,14-17H,9-13H2,1-4H3,(H2,26,27,31,34). The molecule has 0 bridgehead atoms. The van der Waals surface area contributed by atoms with Crippen LogP contribution < -0.4 is 25.0 Å². The van der Waals surface area contributed by atoms with Gasteiger partial charge in [0.25, 0.3) is 5.91 Å². The van der Waals surface area contributed by atoms with Gasteiger partial charge < -0.3 is 24.6 Å². The first-order chi connectivity index (χ1) is 16.3. The second kappa shape index (κ2) is 11.7. The van der Waals surface area contributed by atoms with E-state index < -0.39 is 0 Å². The average molecular weight is 485 g/mol. The van der Waals surface area contributed by atoms with Crippen molar-refractivity contribution in [1.82, 2.24) is 10.2 Å². The number of nitrogens with one attached hydrogen (secondary N) is 2. The van der Waals surface area contributed by atoms with E-state index in [1.54, 1.807) is 18.2 Å². The van der Waals surface area contributed by atoms with Gasteiger partial charge >= 0.3 is 0 Å². The van der Waals surface area contributed by atoms with Crippen LogP contribution in [0.25, 0.3) is 0 Å². The molecule has 3 rings (SSSR count). The number of ether oxygens (including phenoxy) is 2. The van der Waals surface area contributed by atoms with Crippen molar-refractivity contribution in [1.29, 1.82) is 0 Å². The Labute approximate surface area is 206 Å². The third kappa shape index (κ3) is 6.84. The summed E-state index contributed by atoms with van der Waals surface area (Å²) in [7, 11) is 3.05. The molecule has 2 aromatic rings. The molecule has 1 heterocycles. The molecule has 9 heteroatoms. The van der Waals surface area contributed by atoms with Crippen LogP contribution in [0.1, 0.15) is 30.6 Å². The fraction of sp³-hybridized carbons (Fsp3) is 0.400. The van der Waals surface area contributed by atoms with E-state index in [0.717, 1.165) is 37.6 Å². The first-order valence-corrected chi connectivity index (χ1v) is 11.7. The minimum Gasteiger partial charge on any atom is -0.497 e. The molecule has 0 radical (unpaired) electrons. The van der Waals surface area contributed by atoms with E-state index >= 15 is 0 Å². The van der Waals surface area contributed by atoms with Crippen LogP contribution in [0, 0.1) is 5.92 Å². The third-order valence-electron chi connectivity index (χ3n) is 5.55. The predicted molar refractivity (Wildman–Crippen MR) is 138 cm³/mol. The zero-order valence-corrected chi connectivity index (χ0v) is 20.9. The van der Waals surface area contributed by atoms with Gasteiger partial charge in [-0.1, -0.05) is 13.8 Å². The Kier molecular flexibility index (Phi) is 8.70. The maximum absolute atomic E-state index is 12.6. The minimum atomic E-state index is -0.365. The monoisotopic (exact) mass is 484 g/mol. The van der Waals surface area contributed by atoms with Gasteiger partial charge in [0.15, 0.2) is 5.11 Å². The van der Waals surface area contributed by atoms with Crippen LogP contribution in [0.2, 0.25) is 0 Å². The maximum atomic E-state index is 12.6. The number of piperazine rings is 1. The Bertz CT molecular complexity index is 996. The summed E-state index contributed by atoms with van der Waals surface area (Å²) in [4.78, 5) is 29.1. The van der Waals surface area contributed by atoms with Crippen molar-refractivity contribution in [3.05, 3.63) is 48.0 Å². The minimum absolute atomic E-state index is 0.191. The summed E-state index contributed by atoms with van der Waals surface area (Å²) in [5.74, 6) is 1.28. The van der Waals surface area contributed by atoms with Crippen LogP contribution in [0.4, 0.5) is 11.4 Å². The topological polar surface area (TPSA) is 83.1 Å². The number of nitrogens with zero attached hydrogens (tertiary/aromatic N) is 2. The highest BCUT2D eigenvalue weighted by Gasteiger charge is 2.21. The molecule has 8 nitrogen and oxygen atoms in total. The van der Waals surface area contributed by atoms with Crippen LogP contribution in [-0.2, 0) is 4.79 Å². The summed E-state index contributed by atoms with van der Waals surface area (Å²) in [6.45, 7) is 7.20. The maximum Gasteiger partial charge on any atom is 0.257 e. The molecule has 2 aromatic carbocycles. The Morgan fingerprint density at radius 1 is 0.971 bits per heavy atom. The van der Waals surface area contributed by atoms with Gasteiger partial charge in [-0.3, -0.25) is 14.9 Å². The SMILES string of the molecule is COc1cc(OC)cc(C(=O)NC(=S)Nc2ccc(N3CCN(C(=O)CC(C)C)CC3)cc2)c1. The van der Waals surface area contributed by atoms with Crippen molar-refractivity contribution in [2.75, 3.05) is 50.6 Å². The summed E-state index contributed by atoms with van der Waals surface area (Å²) in [5, 5.41) is 5.90. The van der Waals surface area contributed by atoms with Gasteiger partial charge in [0.1, 0.15) is 11.5 Å². The summed E-state index contributed by atoms with van der Waals surface area (Å²) >= 11 is 5.31. The van der Waals surface area contributed by atoms with Gasteiger partial charge in [-0.05, 0) is 54.5 Å². The Morgan fingerprint density at radius 2 is 1.56 bits per heavy atom. The molecule has 0 unspecified atom stereocenters. The lowest BCUT2D eigenvalue weighted by Gasteiger charge is -2.36. The number of methoxy groups -OCH3 is 2. The molecule has 1 saturated heterocycles. The predicted octanol–water partition coefficient (Wildman–Crippen LogP) is 3.53. The number of benzene rings is 2. The van der Waals surface area contributed by atoms with Crippen LogP contribution in [0.15, 0.2) is 42.5 Å². The second-order valence-corrected chi connectivity index (χ2v) is 8.93. The quantitative estimate of drug-likeness (QED) is 0.582. The van der Waals surface area contributed by atoms with Crippen LogP contribution >= 0.6 is 12.2 Å². The Morgan fingerprint density at radius 3 is 2.09 bits per heavy atom. The molecule has 1 fully saturated rings. The highest BCUT2D eigenvalue weighted by Crippen LogP contribution is 2.23. The fourth-order valence-electron chi connectivity index (χ4n) is 3.72. The summed E-state index contributed by atoms with van der Waals surface area (Å²) < 4.78 is 10.4. The first kappa shape index (κ1) is 25.3. The van der Waals surface area contributed by atoms with Crippen molar-refractivity contribution in [2.45, 2.75) is 20.3 Å². The zero-order chi connectivity index (χ0) is 24.7. The van der Waals surface area contributed by atoms with E-state index in [0.29, 0.717) is 29.4 Å². The molecule has 2 N–H and O–H groups in total. The van der Waals surface area contributed by atoms with Crippen molar-refractivity contribution in [3.63, 3.8) is 0 Å². The number of hydrogen-bond acceptors (Lipinski definition) is 6. The summed E-state index contributed by atoms with van der Waals surface area (Å²) in [6.07, 6.45) is 0.599. The van der Waals surface area contributed by atoms with Gasteiger partial charge in [-0.2, -0.15) is 0 Å². The van der Waals surface area contributed by atoms with E-state index in [2.05, 4.69) is 29.4 Å². The molecule has 0 aromatic heterocycles. The van der Waals surface area contributed by atoms with E-state index in [4.69, 9.17) is 21.7 Å². The van der Waals surface area contributed by atoms with Crippen molar-refractivity contribution >= 4 is 40.5 Å². The Hall–Kier alpha value is -3.33. The molecule has 0 spiro atoms. The van der Waals surface area contributed by atoms with E-state index in [-0.39, 0.29) is 16.9 Å². The summed E-state index contributed by atoms with van der Waals surface area (Å²) in [5.41, 5.74) is 2.23. The smallest absolute Gasteiger partial charge is 0.257 e. The van der Waals surface area contributed by atoms with Gasteiger partial charge in [-0.25, -0.2) is 0 Å². The molecule has 0 saturated carbocycles. The molecule has 182 valence electrons. The normalized spacial score (nSPS) is 13.4. The molecule has 1 aliphatic heterocycles. The lowest BCUT2D eigenvalue weighted by molar-refractivity contribution is -0.132. The van der Waals surface area contributed by atoms with Crippen LogP contribution in [0.5, 0.6) is 11.5 Å². The molecule has 1 aliphatic rings. The largest absolute Gasteiger partial charge is 0.497 e. The van der Waals surface area contributed by atoms with Gasteiger partial charge in [-0.15, -0.1) is 0 Å². The van der Waals surface area contributed by atoms with Crippen molar-refractivity contribution in [3.8, 4) is 11.5 Å². The Balaban J connectivity index is 1.52. The molecule has 2 amide bonds. The molecular formula is C25H32N4O4S. The highest BCUT2D eigenvalue weighted by atomic mass is 32.1. The number of anilines is 2. The van der Waals surface area contributed by atoms with Crippen molar-refractivity contribution < 1.29 is 19.1 Å². The number of carbonyl (C=O) groups excluding carboxylic acids is 2. The lowest BCUT2D eigenvalue weighted by atomic mass is 10.1. The highest BCUT2D eigenvalue weighted by molar-refractivity contribution is 7.80. The average Bonchev–Trinajstić information content (AvgIpc) is 2.83. The van der Waals surface area contributed by atoms with Gasteiger partial charge in [0.2, 0.25) is 5.91 Å². The van der Waals surface area contributed by atoms with Gasteiger partial charge in [0, 0.05) is 55.6 Å². The number of rotatable bonds is 7. The molecule has 0 aliphatic carbocycles. The van der Waals surface area contributed by atoms with Gasteiger partial charge in [0.05, 0.1) is 14.2 Å². The molecule has 0 atom stereocenters. The number of thiocarbonyl (C=S) groups is 1. The van der Waals surface area contributed by atoms with Crippen LogP contribution in [-0.4, -0.2) is 62.2 Å². The van der Waals surface area contributed by atoms with E-state index in [1.807, 2.05) is 29.2 Å². The second-order valence-electron chi connectivity index (χ2n) is 8.52. The van der Waals surface area contributed by atoms with E-state index in [1.165, 1.54) is 14.2 Å². The lowest BCUT2D eigenvalue weighted by Crippen LogP contribution is -2.49. The fourth-order valence-corrected chi connectivity index (χ4v) is 3.93. The van der Waals surface area contributed by atoms with Crippen molar-refractivity contribution in [2.24, 2.45) is 5.92 Å². The third-order valence-corrected chi connectivity index (χ3v) is 5.75. The summed E-state index contributed by atoms with van der Waals surface area (Å²) in [6, 6.07) is 12.8. The first-order valence-electron chi connectivity index (χ1n) is 11.3. The molecule has 34 heavy (non-hydrogen) atoms. The zero-order valence-electron chi connectivity index (χ0n) is 20.1. The number of hydrogen-bond donors (Lipinski definition) is 2. The number of amides is 2. The van der Waals surface area contributed by atoms with E-state index in [9.17, 15) is 9.59 Å². The molecular weight excluding hydrogens is 452 g/mol.